The summed E-state index contributed by atoms with van der Waals surface area (Å²) in [5, 5.41) is 0. The molecule has 60 valence electrons. The molecule has 1 aliphatic heterocycles. The van der Waals surface area contributed by atoms with Gasteiger partial charge in [0.1, 0.15) is 0 Å². The van der Waals surface area contributed by atoms with Crippen LogP contribution in [0.3, 0.4) is 0 Å². The minimum atomic E-state index is 0.0405. The number of hydrogen-bond acceptors (Lipinski definition) is 3. The third kappa shape index (κ3) is 1.48. The van der Waals surface area contributed by atoms with E-state index < -0.39 is 0 Å². The van der Waals surface area contributed by atoms with E-state index in [0.717, 1.165) is 13.0 Å². The summed E-state index contributed by atoms with van der Waals surface area (Å²) in [7, 11) is 1.70. The Labute approximate surface area is 61.5 Å². The molecule has 2 N–H and O–H groups in total. The molecule has 0 aromatic rings. The molecule has 0 aromatic heterocycles. The van der Waals surface area contributed by atoms with Crippen LogP contribution < -0.4 is 5.73 Å². The molecule has 3 nitrogen and oxygen atoms in total. The standard InChI is InChI=1S/C7H15NO2/c1-5-7(8)6(9-2)3-4-10-5/h5-7H,3-4,8H2,1-2H3/t5-,6-,7-/m0/s1. The van der Waals surface area contributed by atoms with Crippen molar-refractivity contribution in [2.24, 2.45) is 5.73 Å². The Kier molecular flexibility index (Phi) is 2.65. The van der Waals surface area contributed by atoms with Crippen LogP contribution in [0.2, 0.25) is 0 Å². The maximum Gasteiger partial charge on any atom is 0.0769 e. The van der Waals surface area contributed by atoms with Crippen molar-refractivity contribution < 1.29 is 9.47 Å². The minimum Gasteiger partial charge on any atom is -0.380 e. The molecule has 0 aliphatic carbocycles. The number of hydrogen-bond donors (Lipinski definition) is 1. The molecule has 1 heterocycles. The van der Waals surface area contributed by atoms with E-state index in [4.69, 9.17) is 15.2 Å². The van der Waals surface area contributed by atoms with Crippen molar-refractivity contribution in [3.8, 4) is 0 Å². The molecule has 10 heavy (non-hydrogen) atoms. The molecule has 1 saturated heterocycles. The van der Waals surface area contributed by atoms with Gasteiger partial charge in [-0.2, -0.15) is 0 Å². The average molecular weight is 145 g/mol. The van der Waals surface area contributed by atoms with E-state index in [-0.39, 0.29) is 18.2 Å². The summed E-state index contributed by atoms with van der Waals surface area (Å²) in [6, 6.07) is 0.0405. The van der Waals surface area contributed by atoms with Crippen molar-refractivity contribution in [2.75, 3.05) is 13.7 Å². The monoisotopic (exact) mass is 145 g/mol. The zero-order chi connectivity index (χ0) is 7.56. The molecule has 0 unspecified atom stereocenters. The summed E-state index contributed by atoms with van der Waals surface area (Å²) in [6.07, 6.45) is 1.24. The third-order valence-electron chi connectivity index (χ3n) is 2.06. The fourth-order valence-corrected chi connectivity index (χ4v) is 1.25. The van der Waals surface area contributed by atoms with Gasteiger partial charge in [-0.1, -0.05) is 0 Å². The van der Waals surface area contributed by atoms with E-state index >= 15 is 0 Å². The summed E-state index contributed by atoms with van der Waals surface area (Å²) >= 11 is 0. The Morgan fingerprint density at radius 3 is 2.80 bits per heavy atom. The molecular weight excluding hydrogens is 130 g/mol. The van der Waals surface area contributed by atoms with Crippen LogP contribution in [0.15, 0.2) is 0 Å². The normalized spacial score (nSPS) is 41.7. The molecule has 0 saturated carbocycles. The molecule has 0 bridgehead atoms. The second-order valence-electron chi connectivity index (χ2n) is 2.72. The summed E-state index contributed by atoms with van der Waals surface area (Å²) in [4.78, 5) is 0. The molecule has 0 aromatic carbocycles. The Morgan fingerprint density at radius 1 is 1.60 bits per heavy atom. The maximum absolute atomic E-state index is 5.78. The van der Waals surface area contributed by atoms with Crippen molar-refractivity contribution in [1.29, 1.82) is 0 Å². The number of methoxy groups -OCH3 is 1. The van der Waals surface area contributed by atoms with Crippen LogP contribution in [-0.2, 0) is 9.47 Å². The van der Waals surface area contributed by atoms with Gasteiger partial charge in [0.2, 0.25) is 0 Å². The smallest absolute Gasteiger partial charge is 0.0769 e. The predicted octanol–water partition coefficient (Wildman–Crippen LogP) is 0.138. The lowest BCUT2D eigenvalue weighted by atomic mass is 10.0. The second-order valence-corrected chi connectivity index (χ2v) is 2.72. The molecule has 3 atom stereocenters. The van der Waals surface area contributed by atoms with E-state index in [1.807, 2.05) is 6.92 Å². The largest absolute Gasteiger partial charge is 0.380 e. The van der Waals surface area contributed by atoms with Gasteiger partial charge < -0.3 is 15.2 Å². The van der Waals surface area contributed by atoms with Gasteiger partial charge in [-0.25, -0.2) is 0 Å². The maximum atomic E-state index is 5.78. The van der Waals surface area contributed by atoms with Crippen LogP contribution in [0, 0.1) is 0 Å². The van der Waals surface area contributed by atoms with Crippen LogP contribution in [0.25, 0.3) is 0 Å². The summed E-state index contributed by atoms with van der Waals surface area (Å²) in [6.45, 7) is 2.75. The van der Waals surface area contributed by atoms with Crippen LogP contribution in [0.4, 0.5) is 0 Å². The van der Waals surface area contributed by atoms with E-state index in [1.165, 1.54) is 0 Å². The highest BCUT2D eigenvalue weighted by Crippen LogP contribution is 2.14. The lowest BCUT2D eigenvalue weighted by molar-refractivity contribution is -0.0664. The highest BCUT2D eigenvalue weighted by molar-refractivity contribution is 4.82. The van der Waals surface area contributed by atoms with Crippen molar-refractivity contribution in [1.82, 2.24) is 0 Å². The first-order chi connectivity index (χ1) is 4.75. The average Bonchev–Trinajstić information content (AvgIpc) is 1.95. The SMILES string of the molecule is CO[C@H]1CCO[C@@H](C)[C@@H]1N. The summed E-state index contributed by atoms with van der Waals surface area (Å²) in [5.41, 5.74) is 5.78. The molecular formula is C7H15NO2. The van der Waals surface area contributed by atoms with Gasteiger partial charge in [0.05, 0.1) is 18.2 Å². The predicted molar refractivity (Wildman–Crippen MR) is 38.8 cm³/mol. The molecule has 0 radical (unpaired) electrons. The highest BCUT2D eigenvalue weighted by atomic mass is 16.5. The van der Waals surface area contributed by atoms with E-state index in [1.54, 1.807) is 7.11 Å². The Hall–Kier alpha value is -0.120. The van der Waals surface area contributed by atoms with Gasteiger partial charge in [-0.3, -0.25) is 0 Å². The molecule has 3 heteroatoms. The van der Waals surface area contributed by atoms with Crippen LogP contribution in [0.1, 0.15) is 13.3 Å². The Morgan fingerprint density at radius 2 is 2.30 bits per heavy atom. The first-order valence-electron chi connectivity index (χ1n) is 3.65. The number of ether oxygens (including phenoxy) is 2. The van der Waals surface area contributed by atoms with Gasteiger partial charge in [-0.15, -0.1) is 0 Å². The van der Waals surface area contributed by atoms with E-state index in [0.29, 0.717) is 0 Å². The van der Waals surface area contributed by atoms with Crippen LogP contribution >= 0.6 is 0 Å². The number of nitrogens with two attached hydrogens (primary N) is 1. The van der Waals surface area contributed by atoms with Crippen molar-refractivity contribution >= 4 is 0 Å². The fraction of sp³-hybridized carbons (Fsp3) is 1.00. The van der Waals surface area contributed by atoms with Gasteiger partial charge in [0, 0.05) is 13.7 Å². The zero-order valence-electron chi connectivity index (χ0n) is 6.54. The lowest BCUT2D eigenvalue weighted by Gasteiger charge is -2.32. The van der Waals surface area contributed by atoms with E-state index in [2.05, 4.69) is 0 Å². The molecule has 1 fully saturated rings. The first kappa shape index (κ1) is 7.98. The topological polar surface area (TPSA) is 44.5 Å². The zero-order valence-corrected chi connectivity index (χ0v) is 6.54. The van der Waals surface area contributed by atoms with E-state index in [9.17, 15) is 0 Å². The lowest BCUT2D eigenvalue weighted by Crippen LogP contribution is -2.49. The van der Waals surface area contributed by atoms with Gasteiger partial charge in [-0.05, 0) is 13.3 Å². The first-order valence-corrected chi connectivity index (χ1v) is 3.65. The third-order valence-corrected chi connectivity index (χ3v) is 2.06. The highest BCUT2D eigenvalue weighted by Gasteiger charge is 2.27. The molecule has 0 amide bonds. The molecule has 1 aliphatic rings. The summed E-state index contributed by atoms with van der Waals surface area (Å²) in [5.74, 6) is 0. The quantitative estimate of drug-likeness (QED) is 0.570. The Bertz CT molecular complexity index is 108. The van der Waals surface area contributed by atoms with Crippen molar-refractivity contribution in [2.45, 2.75) is 31.6 Å². The van der Waals surface area contributed by atoms with Gasteiger partial charge in [0.15, 0.2) is 0 Å². The Balaban J connectivity index is 2.42. The van der Waals surface area contributed by atoms with Gasteiger partial charge >= 0.3 is 0 Å². The molecule has 0 spiro atoms. The van der Waals surface area contributed by atoms with Crippen molar-refractivity contribution in [3.63, 3.8) is 0 Å². The van der Waals surface area contributed by atoms with Crippen LogP contribution in [0.5, 0.6) is 0 Å². The second kappa shape index (κ2) is 3.32. The molecule has 1 rings (SSSR count). The van der Waals surface area contributed by atoms with Gasteiger partial charge in [0.25, 0.3) is 0 Å². The number of rotatable bonds is 1. The summed E-state index contributed by atoms with van der Waals surface area (Å²) < 4.78 is 10.5. The van der Waals surface area contributed by atoms with Crippen molar-refractivity contribution in [3.05, 3.63) is 0 Å². The minimum absolute atomic E-state index is 0.0405. The van der Waals surface area contributed by atoms with Crippen LogP contribution in [-0.4, -0.2) is 32.0 Å². The fourth-order valence-electron chi connectivity index (χ4n) is 1.25.